The molecular weight excluding hydrogens is 350 g/mol. The summed E-state index contributed by atoms with van der Waals surface area (Å²) in [5, 5.41) is 4.37. The van der Waals surface area contributed by atoms with Crippen molar-refractivity contribution < 1.29 is 4.79 Å². The molecule has 6 nitrogen and oxygen atoms in total. The van der Waals surface area contributed by atoms with Gasteiger partial charge in [0.05, 0.1) is 12.6 Å². The number of nitrogens with zero attached hydrogens (tertiary/aromatic N) is 3. The molecule has 4 rings (SSSR count). The van der Waals surface area contributed by atoms with E-state index in [0.29, 0.717) is 18.5 Å². The normalized spacial score (nSPS) is 16.8. The van der Waals surface area contributed by atoms with E-state index in [1.165, 1.54) is 16.6 Å². The fraction of sp³-hybridized carbons (Fsp3) is 0.455. The number of urea groups is 1. The summed E-state index contributed by atoms with van der Waals surface area (Å²) in [5.41, 5.74) is 3.69. The van der Waals surface area contributed by atoms with Crippen molar-refractivity contribution in [2.45, 2.75) is 52.7 Å². The van der Waals surface area contributed by atoms with Crippen LogP contribution in [-0.2, 0) is 13.0 Å². The van der Waals surface area contributed by atoms with Crippen molar-refractivity contribution in [1.82, 2.24) is 24.8 Å². The molecule has 0 unspecified atom stereocenters. The maximum atomic E-state index is 13.1. The van der Waals surface area contributed by atoms with Crippen molar-refractivity contribution in [3.05, 3.63) is 53.7 Å². The third-order valence-corrected chi connectivity index (χ3v) is 5.68. The highest BCUT2D eigenvalue weighted by atomic mass is 16.2. The van der Waals surface area contributed by atoms with Gasteiger partial charge >= 0.3 is 6.03 Å². The lowest BCUT2D eigenvalue weighted by molar-refractivity contribution is 0.146. The molecule has 0 bridgehead atoms. The maximum absolute atomic E-state index is 13.1. The lowest BCUT2D eigenvalue weighted by Crippen LogP contribution is -2.47. The molecule has 1 aliphatic heterocycles. The van der Waals surface area contributed by atoms with E-state index < -0.39 is 0 Å². The first kappa shape index (κ1) is 18.6. The number of aromatic amines is 1. The van der Waals surface area contributed by atoms with Gasteiger partial charge in [0.15, 0.2) is 0 Å². The molecule has 0 spiro atoms. The van der Waals surface area contributed by atoms with E-state index in [2.05, 4.69) is 71.8 Å². The van der Waals surface area contributed by atoms with Crippen molar-refractivity contribution in [2.24, 2.45) is 5.92 Å². The predicted octanol–water partition coefficient (Wildman–Crippen LogP) is 4.41. The van der Waals surface area contributed by atoms with Crippen LogP contribution in [0.5, 0.6) is 0 Å². The van der Waals surface area contributed by atoms with Crippen molar-refractivity contribution in [2.75, 3.05) is 6.54 Å². The highest BCUT2D eigenvalue weighted by molar-refractivity contribution is 5.86. The number of hydrogen-bond donors (Lipinski definition) is 2. The first-order valence-corrected chi connectivity index (χ1v) is 10.1. The summed E-state index contributed by atoms with van der Waals surface area (Å²) in [6, 6.07) is 8.75. The molecule has 2 aromatic heterocycles. The number of amides is 2. The van der Waals surface area contributed by atoms with Gasteiger partial charge in [0.2, 0.25) is 0 Å². The van der Waals surface area contributed by atoms with Crippen molar-refractivity contribution >= 4 is 16.9 Å². The summed E-state index contributed by atoms with van der Waals surface area (Å²) in [5.74, 6) is 1.20. The molecule has 2 N–H and O–H groups in total. The number of aromatic nitrogens is 3. The summed E-state index contributed by atoms with van der Waals surface area (Å²) in [6.45, 7) is 9.74. The Morgan fingerprint density at radius 1 is 1.29 bits per heavy atom. The fourth-order valence-electron chi connectivity index (χ4n) is 4.40. The Kier molecular flexibility index (Phi) is 4.87. The lowest BCUT2D eigenvalue weighted by atomic mass is 9.90. The highest BCUT2D eigenvalue weighted by Crippen LogP contribution is 2.38. The van der Waals surface area contributed by atoms with Crippen LogP contribution in [0, 0.1) is 5.92 Å². The molecule has 0 saturated carbocycles. The first-order chi connectivity index (χ1) is 13.5. The third-order valence-electron chi connectivity index (χ3n) is 5.68. The number of carbonyl (C=O) groups excluding carboxylic acids is 1. The summed E-state index contributed by atoms with van der Waals surface area (Å²) in [7, 11) is 0. The van der Waals surface area contributed by atoms with Gasteiger partial charge < -0.3 is 19.8 Å². The van der Waals surface area contributed by atoms with E-state index in [4.69, 9.17) is 0 Å². The second-order valence-corrected chi connectivity index (χ2v) is 8.20. The van der Waals surface area contributed by atoms with Gasteiger partial charge in [-0.2, -0.15) is 0 Å². The Bertz CT molecular complexity index is 984. The first-order valence-electron chi connectivity index (χ1n) is 10.1. The molecule has 1 aliphatic rings. The van der Waals surface area contributed by atoms with E-state index in [-0.39, 0.29) is 12.1 Å². The minimum absolute atomic E-state index is 0.0266. The van der Waals surface area contributed by atoms with Gasteiger partial charge in [-0.3, -0.25) is 0 Å². The standard InChI is InChI=1S/C22H29N5O/c1-14(2)21-20-17(16-7-5-6-8-18(16)25-20)9-11-27(21)22(28)24-13-19-23-10-12-26(19)15(3)4/h5-8,10,12,14-15,21,25H,9,11,13H2,1-4H3,(H,24,28)/t21-/m0/s1. The zero-order valence-corrected chi connectivity index (χ0v) is 17.1. The molecule has 2 amide bonds. The molecule has 0 aliphatic carbocycles. The van der Waals surface area contributed by atoms with Gasteiger partial charge in [-0.05, 0) is 37.8 Å². The van der Waals surface area contributed by atoms with Crippen LogP contribution in [0.4, 0.5) is 4.79 Å². The van der Waals surface area contributed by atoms with Gasteiger partial charge in [-0.1, -0.05) is 32.0 Å². The largest absolute Gasteiger partial charge is 0.356 e. The lowest BCUT2D eigenvalue weighted by Gasteiger charge is -2.38. The zero-order chi connectivity index (χ0) is 19.8. The van der Waals surface area contributed by atoms with Crippen molar-refractivity contribution in [3.63, 3.8) is 0 Å². The predicted molar refractivity (Wildman–Crippen MR) is 111 cm³/mol. The Morgan fingerprint density at radius 3 is 2.82 bits per heavy atom. The van der Waals surface area contributed by atoms with E-state index in [0.717, 1.165) is 24.3 Å². The average molecular weight is 380 g/mol. The number of imidazole rings is 1. The second kappa shape index (κ2) is 7.34. The minimum Gasteiger partial charge on any atom is -0.356 e. The van der Waals surface area contributed by atoms with Crippen LogP contribution in [0.2, 0.25) is 0 Å². The van der Waals surface area contributed by atoms with Gasteiger partial charge in [-0.15, -0.1) is 0 Å². The van der Waals surface area contributed by atoms with Gasteiger partial charge in [0.25, 0.3) is 0 Å². The van der Waals surface area contributed by atoms with Gasteiger partial charge in [-0.25, -0.2) is 9.78 Å². The summed E-state index contributed by atoms with van der Waals surface area (Å²) in [4.78, 5) is 23.0. The number of carbonyl (C=O) groups is 1. The summed E-state index contributed by atoms with van der Waals surface area (Å²) in [6.07, 6.45) is 4.62. The van der Waals surface area contributed by atoms with Crippen LogP contribution < -0.4 is 5.32 Å². The van der Waals surface area contributed by atoms with E-state index in [9.17, 15) is 4.79 Å². The SMILES string of the molecule is CC(C)[C@H]1c2[nH]c3ccccc3c2CCN1C(=O)NCc1nccn1C(C)C. The van der Waals surface area contributed by atoms with Crippen molar-refractivity contribution in [1.29, 1.82) is 0 Å². The van der Waals surface area contributed by atoms with Crippen LogP contribution in [-0.4, -0.2) is 32.0 Å². The van der Waals surface area contributed by atoms with Gasteiger partial charge in [0.1, 0.15) is 5.82 Å². The minimum atomic E-state index is -0.0266. The Labute approximate surface area is 165 Å². The smallest absolute Gasteiger partial charge is 0.318 e. The highest BCUT2D eigenvalue weighted by Gasteiger charge is 2.35. The Hall–Kier alpha value is -2.76. The number of benzene rings is 1. The number of nitrogens with one attached hydrogen (secondary N) is 2. The molecule has 148 valence electrons. The molecule has 1 atom stereocenters. The average Bonchev–Trinajstić information content (AvgIpc) is 3.29. The third kappa shape index (κ3) is 3.17. The molecule has 0 saturated heterocycles. The second-order valence-electron chi connectivity index (χ2n) is 8.20. The summed E-state index contributed by atoms with van der Waals surface area (Å²) >= 11 is 0. The number of rotatable bonds is 4. The Morgan fingerprint density at radius 2 is 2.07 bits per heavy atom. The molecular formula is C22H29N5O. The maximum Gasteiger partial charge on any atom is 0.318 e. The van der Waals surface area contributed by atoms with Crippen LogP contribution >= 0.6 is 0 Å². The van der Waals surface area contributed by atoms with Crippen LogP contribution in [0.15, 0.2) is 36.7 Å². The van der Waals surface area contributed by atoms with Gasteiger partial charge in [0, 0.05) is 41.6 Å². The number of H-pyrrole nitrogens is 1. The molecule has 3 aromatic rings. The number of fused-ring (bicyclic) bond motifs is 3. The molecule has 3 heterocycles. The molecule has 6 heteroatoms. The monoisotopic (exact) mass is 379 g/mol. The molecule has 0 radical (unpaired) electrons. The van der Waals surface area contributed by atoms with E-state index in [1.807, 2.05) is 11.1 Å². The van der Waals surface area contributed by atoms with Crippen LogP contribution in [0.1, 0.15) is 56.9 Å². The zero-order valence-electron chi connectivity index (χ0n) is 17.1. The van der Waals surface area contributed by atoms with Crippen LogP contribution in [0.3, 0.4) is 0 Å². The molecule has 0 fully saturated rings. The molecule has 28 heavy (non-hydrogen) atoms. The van der Waals surface area contributed by atoms with E-state index >= 15 is 0 Å². The van der Waals surface area contributed by atoms with Crippen LogP contribution in [0.25, 0.3) is 10.9 Å². The Balaban J connectivity index is 1.57. The van der Waals surface area contributed by atoms with E-state index in [1.54, 1.807) is 6.20 Å². The summed E-state index contributed by atoms with van der Waals surface area (Å²) < 4.78 is 2.09. The quantitative estimate of drug-likeness (QED) is 0.705. The molecule has 1 aromatic carbocycles. The topological polar surface area (TPSA) is 66.0 Å². The number of para-hydroxylation sites is 1. The fourth-order valence-corrected chi connectivity index (χ4v) is 4.40. The van der Waals surface area contributed by atoms with Crippen molar-refractivity contribution in [3.8, 4) is 0 Å². The number of hydrogen-bond acceptors (Lipinski definition) is 2.